The normalized spacial score (nSPS) is 14.8. The number of carbonyl (C=O) groups excluding carboxylic acids is 2. The second-order valence-electron chi connectivity index (χ2n) is 5.57. The van der Waals surface area contributed by atoms with Gasteiger partial charge < -0.3 is 5.32 Å². The van der Waals surface area contributed by atoms with Gasteiger partial charge in [-0.15, -0.1) is 5.10 Å². The predicted octanol–water partition coefficient (Wildman–Crippen LogP) is 0.560. The highest BCUT2D eigenvalue weighted by atomic mass is 16.2. The van der Waals surface area contributed by atoms with Crippen LogP contribution in [0.25, 0.3) is 10.9 Å². The zero-order valence-electron chi connectivity index (χ0n) is 12.5. The number of amides is 3. The minimum Gasteiger partial charge on any atom is -0.335 e. The van der Waals surface area contributed by atoms with Crippen LogP contribution in [0.4, 0.5) is 4.79 Å². The lowest BCUT2D eigenvalue weighted by molar-refractivity contribution is -0.120. The topological polar surface area (TPSA) is 106 Å². The molecule has 1 aromatic carbocycles. The van der Waals surface area contributed by atoms with Gasteiger partial charge in [0.15, 0.2) is 0 Å². The van der Waals surface area contributed by atoms with Gasteiger partial charge in [-0.3, -0.25) is 14.9 Å². The summed E-state index contributed by atoms with van der Waals surface area (Å²) < 4.78 is 0.945. The number of nitrogens with one attached hydrogen (secondary N) is 2. The molecule has 1 aliphatic rings. The van der Waals surface area contributed by atoms with Crippen LogP contribution in [0.3, 0.4) is 0 Å². The smallest absolute Gasteiger partial charge is 0.321 e. The molecule has 120 valence electrons. The highest BCUT2D eigenvalue weighted by Gasteiger charge is 2.18. The fraction of sp³-hybridized carbons (Fsp3) is 0.400. The minimum atomic E-state index is -0.604. The van der Waals surface area contributed by atoms with Crippen LogP contribution in [0.15, 0.2) is 29.1 Å². The predicted molar refractivity (Wildman–Crippen MR) is 82.7 cm³/mol. The van der Waals surface area contributed by atoms with Gasteiger partial charge in [0.1, 0.15) is 12.1 Å². The molecular weight excluding hydrogens is 298 g/mol. The largest absolute Gasteiger partial charge is 0.335 e. The van der Waals surface area contributed by atoms with Crippen LogP contribution in [0, 0.1) is 0 Å². The van der Waals surface area contributed by atoms with Gasteiger partial charge in [-0.25, -0.2) is 9.48 Å². The first-order valence-corrected chi connectivity index (χ1v) is 7.56. The Morgan fingerprint density at radius 1 is 1.22 bits per heavy atom. The fourth-order valence-corrected chi connectivity index (χ4v) is 2.72. The van der Waals surface area contributed by atoms with Crippen molar-refractivity contribution in [2.24, 2.45) is 0 Å². The molecule has 23 heavy (non-hydrogen) atoms. The number of rotatable bonds is 3. The zero-order valence-corrected chi connectivity index (χ0v) is 12.5. The Morgan fingerprint density at radius 3 is 2.74 bits per heavy atom. The number of urea groups is 1. The monoisotopic (exact) mass is 315 g/mol. The molecule has 0 saturated heterocycles. The average molecular weight is 315 g/mol. The molecule has 1 heterocycles. The van der Waals surface area contributed by atoms with Gasteiger partial charge in [0.2, 0.25) is 5.91 Å². The van der Waals surface area contributed by atoms with Crippen LogP contribution in [0.5, 0.6) is 0 Å². The van der Waals surface area contributed by atoms with Crippen LogP contribution in [-0.4, -0.2) is 33.0 Å². The molecule has 2 aromatic rings. The average Bonchev–Trinajstić information content (AvgIpc) is 3.03. The molecule has 1 fully saturated rings. The van der Waals surface area contributed by atoms with Crippen molar-refractivity contribution in [1.29, 1.82) is 0 Å². The zero-order chi connectivity index (χ0) is 16.2. The lowest BCUT2D eigenvalue weighted by atomic mass is 10.2. The molecule has 8 nitrogen and oxygen atoms in total. The van der Waals surface area contributed by atoms with Gasteiger partial charge in [-0.1, -0.05) is 30.2 Å². The summed E-state index contributed by atoms with van der Waals surface area (Å²) in [5, 5.41) is 12.9. The van der Waals surface area contributed by atoms with Crippen LogP contribution in [0.2, 0.25) is 0 Å². The van der Waals surface area contributed by atoms with E-state index in [2.05, 4.69) is 20.9 Å². The van der Waals surface area contributed by atoms with E-state index in [-0.39, 0.29) is 12.6 Å². The summed E-state index contributed by atoms with van der Waals surface area (Å²) in [6.45, 7) is -0.352. The number of nitrogens with zero attached hydrogens (tertiary/aromatic N) is 3. The van der Waals surface area contributed by atoms with Crippen molar-refractivity contribution in [1.82, 2.24) is 25.6 Å². The molecule has 0 spiro atoms. The van der Waals surface area contributed by atoms with Crippen molar-refractivity contribution in [3.63, 3.8) is 0 Å². The molecule has 0 atom stereocenters. The van der Waals surface area contributed by atoms with Gasteiger partial charge in [0.25, 0.3) is 5.56 Å². The second-order valence-corrected chi connectivity index (χ2v) is 5.57. The van der Waals surface area contributed by atoms with E-state index in [1.807, 2.05) is 0 Å². The van der Waals surface area contributed by atoms with Gasteiger partial charge in [-0.2, -0.15) is 0 Å². The van der Waals surface area contributed by atoms with E-state index in [9.17, 15) is 14.4 Å². The Morgan fingerprint density at radius 2 is 1.96 bits per heavy atom. The maximum absolute atomic E-state index is 12.2. The van der Waals surface area contributed by atoms with E-state index in [4.69, 9.17) is 0 Å². The van der Waals surface area contributed by atoms with Crippen molar-refractivity contribution < 1.29 is 9.59 Å². The van der Waals surface area contributed by atoms with Gasteiger partial charge in [0, 0.05) is 6.04 Å². The van der Waals surface area contributed by atoms with E-state index in [0.29, 0.717) is 10.9 Å². The number of carbonyl (C=O) groups is 2. The quantitative estimate of drug-likeness (QED) is 0.861. The third-order valence-corrected chi connectivity index (χ3v) is 3.87. The number of aromatic nitrogens is 3. The molecule has 0 radical (unpaired) electrons. The number of fused-ring (bicyclic) bond motifs is 1. The maximum Gasteiger partial charge on any atom is 0.321 e. The number of hydrogen-bond acceptors (Lipinski definition) is 5. The first-order valence-electron chi connectivity index (χ1n) is 7.56. The summed E-state index contributed by atoms with van der Waals surface area (Å²) in [5.41, 5.74) is 0.0510. The molecule has 1 saturated carbocycles. The summed E-state index contributed by atoms with van der Waals surface area (Å²) in [6, 6.07) is 6.33. The Kier molecular flexibility index (Phi) is 4.31. The van der Waals surface area contributed by atoms with E-state index in [1.54, 1.807) is 24.3 Å². The molecule has 1 aliphatic carbocycles. The summed E-state index contributed by atoms with van der Waals surface area (Å²) in [5.74, 6) is -0.604. The Hall–Kier alpha value is -2.77. The highest BCUT2D eigenvalue weighted by molar-refractivity contribution is 5.94. The highest BCUT2D eigenvalue weighted by Crippen LogP contribution is 2.17. The Balaban J connectivity index is 1.64. The number of hydrogen-bond donors (Lipinski definition) is 2. The summed E-state index contributed by atoms with van der Waals surface area (Å²) in [4.78, 5) is 35.8. The summed E-state index contributed by atoms with van der Waals surface area (Å²) >= 11 is 0. The van der Waals surface area contributed by atoms with Crippen molar-refractivity contribution in [3.8, 4) is 0 Å². The molecule has 1 aromatic heterocycles. The molecule has 0 aliphatic heterocycles. The first kappa shape index (κ1) is 15.1. The van der Waals surface area contributed by atoms with Gasteiger partial charge in [-0.05, 0) is 25.0 Å². The molecular formula is C15H17N5O3. The van der Waals surface area contributed by atoms with Crippen LogP contribution >= 0.6 is 0 Å². The third kappa shape index (κ3) is 3.53. The van der Waals surface area contributed by atoms with Crippen LogP contribution in [-0.2, 0) is 11.3 Å². The van der Waals surface area contributed by atoms with E-state index >= 15 is 0 Å². The Labute approximate surface area is 131 Å². The van der Waals surface area contributed by atoms with Gasteiger partial charge in [0.05, 0.1) is 5.39 Å². The van der Waals surface area contributed by atoms with Crippen molar-refractivity contribution in [2.75, 3.05) is 0 Å². The number of benzene rings is 1. The first-order chi connectivity index (χ1) is 11.1. The minimum absolute atomic E-state index is 0.117. The second kappa shape index (κ2) is 6.55. The van der Waals surface area contributed by atoms with E-state index in [1.165, 1.54) is 0 Å². The lowest BCUT2D eigenvalue weighted by Crippen LogP contribution is -2.45. The fourth-order valence-electron chi connectivity index (χ4n) is 2.72. The standard InChI is InChI=1S/C15H17N5O3/c21-13(17-15(23)16-10-5-1-2-6-10)9-20-14(22)11-7-3-4-8-12(11)18-19-20/h3-4,7-8,10H,1-2,5-6,9H2,(H2,16,17,21,23). The van der Waals surface area contributed by atoms with Crippen LogP contribution in [0.1, 0.15) is 25.7 Å². The maximum atomic E-state index is 12.2. The molecule has 3 rings (SSSR count). The summed E-state index contributed by atoms with van der Waals surface area (Å²) in [6.07, 6.45) is 4.02. The molecule has 0 unspecified atom stereocenters. The van der Waals surface area contributed by atoms with E-state index in [0.717, 1.165) is 30.4 Å². The van der Waals surface area contributed by atoms with Crippen molar-refractivity contribution >= 4 is 22.8 Å². The molecule has 8 heteroatoms. The SMILES string of the molecule is O=C(Cn1nnc2ccccc2c1=O)NC(=O)NC1CCCC1. The van der Waals surface area contributed by atoms with Crippen molar-refractivity contribution in [2.45, 2.75) is 38.3 Å². The number of imide groups is 1. The summed E-state index contributed by atoms with van der Waals surface area (Å²) in [7, 11) is 0. The van der Waals surface area contributed by atoms with Crippen molar-refractivity contribution in [3.05, 3.63) is 34.6 Å². The lowest BCUT2D eigenvalue weighted by Gasteiger charge is -2.12. The van der Waals surface area contributed by atoms with Crippen LogP contribution < -0.4 is 16.2 Å². The van der Waals surface area contributed by atoms with E-state index < -0.39 is 17.5 Å². The third-order valence-electron chi connectivity index (χ3n) is 3.87. The Bertz CT molecular complexity index is 795. The molecule has 0 bridgehead atoms. The molecule has 2 N–H and O–H groups in total. The molecule has 3 amide bonds. The van der Waals surface area contributed by atoms with Gasteiger partial charge >= 0.3 is 6.03 Å².